The van der Waals surface area contributed by atoms with Gasteiger partial charge in [0.25, 0.3) is 8.32 Å². The van der Waals surface area contributed by atoms with E-state index in [1.807, 2.05) is 0 Å². The summed E-state index contributed by atoms with van der Waals surface area (Å²) in [5, 5.41) is 14.3. The van der Waals surface area contributed by atoms with Crippen LogP contribution in [0.25, 0.3) is 0 Å². The molecule has 3 atom stereocenters. The summed E-state index contributed by atoms with van der Waals surface area (Å²) in [4.78, 5) is 12.8. The van der Waals surface area contributed by atoms with Crippen LogP contribution in [0, 0.1) is 11.3 Å². The molecule has 6 heteroatoms. The molecule has 44 heavy (non-hydrogen) atoms. The van der Waals surface area contributed by atoms with Crippen molar-refractivity contribution in [2.24, 2.45) is 11.3 Å². The highest BCUT2D eigenvalue weighted by atomic mass is 28.4. The molecule has 0 saturated carbocycles. The molecule has 0 radical (unpaired) electrons. The van der Waals surface area contributed by atoms with Crippen molar-refractivity contribution >= 4 is 32.8 Å². The molecule has 4 nitrogen and oxygen atoms in total. The quantitative estimate of drug-likeness (QED) is 0.146. The number of carbonyl (C=O) groups excluding carboxylic acids is 1. The molecule has 1 N–H and O–H groups in total. The third-order valence-electron chi connectivity index (χ3n) is 10.3. The first-order valence-corrected chi connectivity index (χ1v) is 20.9. The van der Waals surface area contributed by atoms with Crippen molar-refractivity contribution in [1.82, 2.24) is 0 Å². The Labute approximate surface area is 269 Å². The molecule has 0 saturated heterocycles. The lowest BCUT2D eigenvalue weighted by Gasteiger charge is -2.46. The summed E-state index contributed by atoms with van der Waals surface area (Å²) in [7, 11) is -4.69. The molecule has 2 aromatic rings. The maximum atomic E-state index is 12.8. The Bertz CT molecular complexity index is 1310. The average Bonchev–Trinajstić information content (AvgIpc) is 2.95. The van der Waals surface area contributed by atoms with Crippen molar-refractivity contribution < 1.29 is 18.8 Å². The number of ketones is 1. The fraction of sp³-hybridized carbons (Fsp3) is 0.526. The van der Waals surface area contributed by atoms with Crippen LogP contribution in [-0.4, -0.2) is 46.8 Å². The van der Waals surface area contributed by atoms with E-state index < -0.39 is 28.2 Å². The van der Waals surface area contributed by atoms with E-state index >= 15 is 0 Å². The van der Waals surface area contributed by atoms with Crippen LogP contribution in [0.4, 0.5) is 0 Å². The zero-order valence-electron chi connectivity index (χ0n) is 28.9. The van der Waals surface area contributed by atoms with E-state index in [1.165, 1.54) is 10.4 Å². The summed E-state index contributed by atoms with van der Waals surface area (Å²) in [5.74, 6) is 0.0914. The Morgan fingerprint density at radius 1 is 0.977 bits per heavy atom. The molecule has 1 aliphatic rings. The molecular weight excluding hydrogens is 577 g/mol. The first-order chi connectivity index (χ1) is 20.4. The van der Waals surface area contributed by atoms with Crippen molar-refractivity contribution in [2.75, 3.05) is 13.2 Å². The molecule has 0 fully saturated rings. The summed E-state index contributed by atoms with van der Waals surface area (Å²) in [6, 6.07) is 21.3. The fourth-order valence-electron chi connectivity index (χ4n) is 6.13. The van der Waals surface area contributed by atoms with Gasteiger partial charge in [-0.3, -0.25) is 4.79 Å². The predicted molar refractivity (Wildman–Crippen MR) is 190 cm³/mol. The largest absolute Gasteiger partial charge is 0.416 e. The van der Waals surface area contributed by atoms with Gasteiger partial charge >= 0.3 is 0 Å². The summed E-state index contributed by atoms with van der Waals surface area (Å²) in [5.41, 5.74) is 3.99. The highest BCUT2D eigenvalue weighted by Gasteiger charge is 2.50. The number of carbonyl (C=O) groups is 1. The van der Waals surface area contributed by atoms with Gasteiger partial charge in [0, 0.05) is 30.6 Å². The van der Waals surface area contributed by atoms with Gasteiger partial charge in [0.15, 0.2) is 14.1 Å². The highest BCUT2D eigenvalue weighted by molar-refractivity contribution is 6.99. The fourth-order valence-corrected chi connectivity index (χ4v) is 11.8. The molecule has 0 amide bonds. The van der Waals surface area contributed by atoms with Crippen LogP contribution in [-0.2, 0) is 13.6 Å². The van der Waals surface area contributed by atoms with Gasteiger partial charge in [-0.1, -0.05) is 123 Å². The van der Waals surface area contributed by atoms with E-state index in [0.717, 1.165) is 5.57 Å². The lowest BCUT2D eigenvalue weighted by molar-refractivity contribution is -0.117. The Morgan fingerprint density at radius 3 is 1.95 bits per heavy atom. The van der Waals surface area contributed by atoms with Gasteiger partial charge < -0.3 is 14.0 Å². The SMILES string of the molecule is C=C=C(CCCO[Si](c1ccccc1)(c1ccccc1)C(C)(C)C)[C@H](O)C1=CC(=O)C[C@H](C)[C@@]1(C)CO[Si](C)(C)C(C)(C)C. The minimum Gasteiger partial charge on any atom is -0.416 e. The monoisotopic (exact) mass is 632 g/mol. The van der Waals surface area contributed by atoms with E-state index in [9.17, 15) is 9.90 Å². The van der Waals surface area contributed by atoms with Crippen LogP contribution in [0.15, 0.2) is 90.2 Å². The second-order valence-corrected chi connectivity index (χ2v) is 24.5. The molecule has 0 aliphatic heterocycles. The maximum Gasteiger partial charge on any atom is 0.261 e. The number of benzene rings is 2. The third-order valence-corrected chi connectivity index (χ3v) is 19.8. The van der Waals surface area contributed by atoms with Gasteiger partial charge in [-0.2, -0.15) is 0 Å². The Morgan fingerprint density at radius 2 is 1.50 bits per heavy atom. The Hall–Kier alpha value is -2.32. The molecule has 2 aromatic carbocycles. The number of rotatable bonds is 12. The number of allylic oxidation sites excluding steroid dienone is 1. The lowest BCUT2D eigenvalue weighted by atomic mass is 9.65. The normalized spacial score (nSPS) is 20.6. The van der Waals surface area contributed by atoms with Gasteiger partial charge in [-0.25, -0.2) is 0 Å². The molecule has 0 spiro atoms. The molecule has 0 aromatic heterocycles. The number of aliphatic hydroxyl groups is 1. The van der Waals surface area contributed by atoms with Crippen LogP contribution < -0.4 is 10.4 Å². The number of hydrogen-bond donors (Lipinski definition) is 1. The van der Waals surface area contributed by atoms with Crippen molar-refractivity contribution in [3.8, 4) is 0 Å². The smallest absolute Gasteiger partial charge is 0.261 e. The van der Waals surface area contributed by atoms with Gasteiger partial charge in [-0.05, 0) is 64.0 Å². The van der Waals surface area contributed by atoms with Gasteiger partial charge in [-0.15, -0.1) is 5.73 Å². The zero-order chi connectivity index (χ0) is 33.0. The van der Waals surface area contributed by atoms with E-state index in [-0.39, 0.29) is 21.8 Å². The Kier molecular flexibility index (Phi) is 11.5. The number of hydrogen-bond acceptors (Lipinski definition) is 4. The van der Waals surface area contributed by atoms with Gasteiger partial charge in [0.1, 0.15) is 6.10 Å². The van der Waals surface area contributed by atoms with E-state index in [0.29, 0.717) is 38.0 Å². The standard InChI is InChI=1S/C38H56O4Si2/c1-12-30(35(40)34-27-31(39)26-29(2)38(34,9)28-42-43(10,11)36(3,4)5)20-19-25-41-44(37(6,7)8,32-21-15-13-16-22-32)33-23-17-14-18-24-33/h13-18,21-24,27,29,35,40H,1,19-20,25-26,28H2,2-11H3/t29-,35-,38+/m0/s1. The van der Waals surface area contributed by atoms with Crippen LogP contribution in [0.2, 0.25) is 23.2 Å². The van der Waals surface area contributed by atoms with Crippen LogP contribution in [0.1, 0.15) is 74.7 Å². The minimum atomic E-state index is -2.65. The summed E-state index contributed by atoms with van der Waals surface area (Å²) < 4.78 is 13.8. The second kappa shape index (κ2) is 14.0. The topological polar surface area (TPSA) is 55.8 Å². The lowest BCUT2D eigenvalue weighted by Crippen LogP contribution is -2.66. The zero-order valence-corrected chi connectivity index (χ0v) is 30.9. The van der Waals surface area contributed by atoms with Crippen molar-refractivity contribution in [2.45, 2.75) is 104 Å². The van der Waals surface area contributed by atoms with Crippen molar-refractivity contribution in [1.29, 1.82) is 0 Å². The molecule has 1 aliphatic carbocycles. The summed E-state index contributed by atoms with van der Waals surface area (Å²) in [6.07, 6.45) is 2.44. The highest BCUT2D eigenvalue weighted by Crippen LogP contribution is 2.46. The van der Waals surface area contributed by atoms with E-state index in [1.54, 1.807) is 6.08 Å². The van der Waals surface area contributed by atoms with Crippen molar-refractivity contribution in [3.05, 3.63) is 90.2 Å². The maximum absolute atomic E-state index is 12.8. The molecule has 0 bridgehead atoms. The van der Waals surface area contributed by atoms with E-state index in [4.69, 9.17) is 8.85 Å². The molecule has 0 heterocycles. The van der Waals surface area contributed by atoms with Crippen LogP contribution in [0.5, 0.6) is 0 Å². The summed E-state index contributed by atoms with van der Waals surface area (Å²) in [6.45, 7) is 27.2. The number of aliphatic hydroxyl groups excluding tert-OH is 1. The van der Waals surface area contributed by atoms with Crippen LogP contribution >= 0.6 is 0 Å². The summed E-state index contributed by atoms with van der Waals surface area (Å²) >= 11 is 0. The van der Waals surface area contributed by atoms with Crippen LogP contribution in [0.3, 0.4) is 0 Å². The van der Waals surface area contributed by atoms with Gasteiger partial charge in [0.2, 0.25) is 0 Å². The van der Waals surface area contributed by atoms with Crippen molar-refractivity contribution in [3.63, 3.8) is 0 Å². The molecule has 240 valence electrons. The minimum absolute atomic E-state index is 0.0407. The molecular formula is C38H56O4Si2. The second-order valence-electron chi connectivity index (χ2n) is 15.4. The average molecular weight is 633 g/mol. The molecule has 0 unspecified atom stereocenters. The first kappa shape index (κ1) is 36.2. The predicted octanol–water partition coefficient (Wildman–Crippen LogP) is 7.98. The third kappa shape index (κ3) is 7.55. The Balaban J connectivity index is 1.84. The van der Waals surface area contributed by atoms with E-state index in [2.05, 4.69) is 141 Å². The van der Waals surface area contributed by atoms with Gasteiger partial charge in [0.05, 0.1) is 0 Å². The first-order valence-electron chi connectivity index (χ1n) is 16.1. The molecule has 3 rings (SSSR count).